The highest BCUT2D eigenvalue weighted by molar-refractivity contribution is 5.76. The minimum absolute atomic E-state index is 0.469. The van der Waals surface area contributed by atoms with Gasteiger partial charge in [-0.05, 0) is 30.7 Å². The van der Waals surface area contributed by atoms with E-state index in [-0.39, 0.29) is 0 Å². The van der Waals surface area contributed by atoms with Crippen LogP contribution < -0.4 is 4.74 Å². The van der Waals surface area contributed by atoms with Crippen LogP contribution in [-0.2, 0) is 9.53 Å². The van der Waals surface area contributed by atoms with Crippen LogP contribution in [-0.4, -0.2) is 55.9 Å². The molecule has 0 aromatic heterocycles. The number of nitrogens with zero attached hydrogens (tertiary/aromatic N) is 1. The first-order valence-electron chi connectivity index (χ1n) is 6.87. The molecule has 1 heterocycles. The van der Waals surface area contributed by atoms with E-state index in [9.17, 15) is 9.90 Å². The molecule has 1 aromatic carbocycles. The van der Waals surface area contributed by atoms with Gasteiger partial charge in [0, 0.05) is 13.1 Å². The molecule has 1 atom stereocenters. The predicted molar refractivity (Wildman–Crippen MR) is 75.2 cm³/mol. The third kappa shape index (κ3) is 3.95. The van der Waals surface area contributed by atoms with Gasteiger partial charge in [0.05, 0.1) is 26.2 Å². The van der Waals surface area contributed by atoms with Crippen molar-refractivity contribution in [2.45, 2.75) is 12.3 Å². The van der Waals surface area contributed by atoms with Crippen molar-refractivity contribution < 1.29 is 19.4 Å². The summed E-state index contributed by atoms with van der Waals surface area (Å²) < 4.78 is 10.4. The van der Waals surface area contributed by atoms with Gasteiger partial charge >= 0.3 is 5.97 Å². The zero-order chi connectivity index (χ0) is 14.4. The van der Waals surface area contributed by atoms with Crippen LogP contribution in [0.3, 0.4) is 0 Å². The molecule has 0 radical (unpaired) electrons. The number of morpholine rings is 1. The molecule has 0 amide bonds. The van der Waals surface area contributed by atoms with Crippen LogP contribution in [0.4, 0.5) is 0 Å². The summed E-state index contributed by atoms with van der Waals surface area (Å²) in [5, 5.41) is 9.41. The van der Waals surface area contributed by atoms with Gasteiger partial charge in [-0.3, -0.25) is 9.69 Å². The number of ether oxygens (including phenoxy) is 2. The van der Waals surface area contributed by atoms with E-state index in [4.69, 9.17) is 9.47 Å². The van der Waals surface area contributed by atoms with E-state index in [1.54, 1.807) is 19.2 Å². The lowest BCUT2D eigenvalue weighted by Crippen LogP contribution is -2.37. The second-order valence-electron chi connectivity index (χ2n) is 4.91. The first-order valence-corrected chi connectivity index (χ1v) is 6.87. The minimum atomic E-state index is -0.775. The number of hydrogen-bond donors (Lipinski definition) is 1. The van der Waals surface area contributed by atoms with Gasteiger partial charge in [-0.2, -0.15) is 0 Å². The van der Waals surface area contributed by atoms with Crippen molar-refractivity contribution in [3.05, 3.63) is 29.8 Å². The highest BCUT2D eigenvalue weighted by Gasteiger charge is 2.21. The summed E-state index contributed by atoms with van der Waals surface area (Å²) in [4.78, 5) is 13.7. The Kier molecular flexibility index (Phi) is 5.38. The van der Waals surface area contributed by atoms with Gasteiger partial charge in [0.1, 0.15) is 5.75 Å². The van der Waals surface area contributed by atoms with Gasteiger partial charge in [-0.25, -0.2) is 0 Å². The monoisotopic (exact) mass is 279 g/mol. The average Bonchev–Trinajstić information content (AvgIpc) is 2.49. The molecule has 0 bridgehead atoms. The van der Waals surface area contributed by atoms with Crippen molar-refractivity contribution in [2.24, 2.45) is 0 Å². The summed E-state index contributed by atoms with van der Waals surface area (Å²) in [6.45, 7) is 4.02. The Labute approximate surface area is 119 Å². The Balaban J connectivity index is 1.96. The highest BCUT2D eigenvalue weighted by Crippen LogP contribution is 2.23. The fraction of sp³-hybridized carbons (Fsp3) is 0.533. The first-order chi connectivity index (χ1) is 9.70. The summed E-state index contributed by atoms with van der Waals surface area (Å²) in [5.74, 6) is -0.502. The van der Waals surface area contributed by atoms with Crippen LogP contribution in [0, 0.1) is 0 Å². The Morgan fingerprint density at radius 3 is 2.55 bits per heavy atom. The number of hydrogen-bond acceptors (Lipinski definition) is 4. The zero-order valence-corrected chi connectivity index (χ0v) is 11.7. The molecule has 0 aliphatic carbocycles. The van der Waals surface area contributed by atoms with E-state index < -0.39 is 11.9 Å². The molecule has 1 saturated heterocycles. The maximum absolute atomic E-state index is 11.5. The average molecular weight is 279 g/mol. The number of rotatable bonds is 6. The predicted octanol–water partition coefficient (Wildman–Crippen LogP) is 1.59. The normalized spacial score (nSPS) is 17.6. The summed E-state index contributed by atoms with van der Waals surface area (Å²) in [5.41, 5.74) is 0.826. The van der Waals surface area contributed by atoms with E-state index in [0.717, 1.165) is 44.2 Å². The van der Waals surface area contributed by atoms with E-state index in [1.165, 1.54) is 0 Å². The molecule has 110 valence electrons. The molecule has 1 aromatic rings. The Morgan fingerprint density at radius 2 is 2.00 bits per heavy atom. The third-order valence-corrected chi connectivity index (χ3v) is 3.65. The van der Waals surface area contributed by atoms with Gasteiger partial charge in [-0.15, -0.1) is 0 Å². The maximum Gasteiger partial charge on any atom is 0.311 e. The summed E-state index contributed by atoms with van der Waals surface area (Å²) in [6, 6.07) is 7.27. The van der Waals surface area contributed by atoms with E-state index in [0.29, 0.717) is 6.42 Å². The van der Waals surface area contributed by atoms with Gasteiger partial charge in [0.25, 0.3) is 0 Å². The molecule has 1 N–H and O–H groups in total. The van der Waals surface area contributed by atoms with Crippen molar-refractivity contribution >= 4 is 5.97 Å². The third-order valence-electron chi connectivity index (χ3n) is 3.65. The zero-order valence-electron chi connectivity index (χ0n) is 11.7. The lowest BCUT2D eigenvalue weighted by Gasteiger charge is -2.27. The first kappa shape index (κ1) is 14.8. The number of carboxylic acid groups (broad SMARTS) is 1. The molecule has 2 rings (SSSR count). The topological polar surface area (TPSA) is 59.0 Å². The lowest BCUT2D eigenvalue weighted by molar-refractivity contribution is -0.139. The molecule has 0 saturated carbocycles. The summed E-state index contributed by atoms with van der Waals surface area (Å²) >= 11 is 0. The van der Waals surface area contributed by atoms with Crippen molar-refractivity contribution in [2.75, 3.05) is 40.0 Å². The molecule has 20 heavy (non-hydrogen) atoms. The van der Waals surface area contributed by atoms with Crippen molar-refractivity contribution in [1.82, 2.24) is 4.90 Å². The molecule has 0 spiro atoms. The molecular weight excluding hydrogens is 258 g/mol. The number of methoxy groups -OCH3 is 1. The van der Waals surface area contributed by atoms with E-state index in [1.807, 2.05) is 12.1 Å². The SMILES string of the molecule is COc1ccc(C(CCN2CCOCC2)C(=O)O)cc1. The number of carbonyl (C=O) groups is 1. The fourth-order valence-electron chi connectivity index (χ4n) is 2.41. The maximum atomic E-state index is 11.5. The summed E-state index contributed by atoms with van der Waals surface area (Å²) in [6.07, 6.45) is 0.613. The number of benzene rings is 1. The van der Waals surface area contributed by atoms with Crippen LogP contribution in [0.2, 0.25) is 0 Å². The molecule has 1 fully saturated rings. The van der Waals surface area contributed by atoms with Crippen LogP contribution in [0.1, 0.15) is 17.9 Å². The van der Waals surface area contributed by atoms with Gasteiger partial charge in [-0.1, -0.05) is 12.1 Å². The fourth-order valence-corrected chi connectivity index (χ4v) is 2.41. The van der Waals surface area contributed by atoms with Crippen molar-refractivity contribution in [3.8, 4) is 5.75 Å². The van der Waals surface area contributed by atoms with E-state index >= 15 is 0 Å². The number of carboxylic acids is 1. The van der Waals surface area contributed by atoms with Gasteiger partial charge in [0.2, 0.25) is 0 Å². The highest BCUT2D eigenvalue weighted by atomic mass is 16.5. The van der Waals surface area contributed by atoms with Crippen molar-refractivity contribution in [3.63, 3.8) is 0 Å². The lowest BCUT2D eigenvalue weighted by atomic mass is 9.95. The van der Waals surface area contributed by atoms with Crippen LogP contribution in [0.15, 0.2) is 24.3 Å². The van der Waals surface area contributed by atoms with Crippen LogP contribution in [0.25, 0.3) is 0 Å². The Bertz CT molecular complexity index is 426. The Morgan fingerprint density at radius 1 is 1.35 bits per heavy atom. The minimum Gasteiger partial charge on any atom is -0.497 e. The molecule has 5 nitrogen and oxygen atoms in total. The van der Waals surface area contributed by atoms with Crippen molar-refractivity contribution in [1.29, 1.82) is 0 Å². The van der Waals surface area contributed by atoms with Gasteiger partial charge in [0.15, 0.2) is 0 Å². The molecule has 1 unspecified atom stereocenters. The van der Waals surface area contributed by atoms with E-state index in [2.05, 4.69) is 4.90 Å². The largest absolute Gasteiger partial charge is 0.497 e. The molecule has 1 aliphatic rings. The number of aliphatic carboxylic acids is 1. The standard InChI is InChI=1S/C15H21NO4/c1-19-13-4-2-12(3-5-13)14(15(17)18)6-7-16-8-10-20-11-9-16/h2-5,14H,6-11H2,1H3,(H,17,18). The second kappa shape index (κ2) is 7.26. The smallest absolute Gasteiger partial charge is 0.311 e. The molecular formula is C15H21NO4. The summed E-state index contributed by atoms with van der Waals surface area (Å²) in [7, 11) is 1.60. The second-order valence-corrected chi connectivity index (χ2v) is 4.91. The van der Waals surface area contributed by atoms with Gasteiger partial charge < -0.3 is 14.6 Å². The van der Waals surface area contributed by atoms with Crippen LogP contribution >= 0.6 is 0 Å². The molecule has 5 heteroatoms. The molecule has 1 aliphatic heterocycles. The Hall–Kier alpha value is -1.59. The van der Waals surface area contributed by atoms with Crippen LogP contribution in [0.5, 0.6) is 5.75 Å². The quantitative estimate of drug-likeness (QED) is 0.857.